The zero-order valence-corrected chi connectivity index (χ0v) is 20.0. The van der Waals surface area contributed by atoms with Crippen molar-refractivity contribution in [3.05, 3.63) is 41.6 Å². The SMILES string of the molecule is CCSc1cc(SC(C)(C)C)c(C)cc1-c1nnc(-c2cc(C(F)(F)F)ccn2)n1C. The van der Waals surface area contributed by atoms with Crippen LogP contribution >= 0.6 is 23.5 Å². The average molecular weight is 467 g/mol. The second kappa shape index (κ2) is 8.86. The van der Waals surface area contributed by atoms with Crippen LogP contribution < -0.4 is 0 Å². The number of pyridine rings is 1. The predicted octanol–water partition coefficient (Wildman–Crippen LogP) is 6.87. The molecule has 2 heterocycles. The van der Waals surface area contributed by atoms with Crippen molar-refractivity contribution in [1.29, 1.82) is 0 Å². The Bertz CT molecular complexity index is 1090. The van der Waals surface area contributed by atoms with Gasteiger partial charge in [-0.25, -0.2) is 0 Å². The summed E-state index contributed by atoms with van der Waals surface area (Å²) in [6.45, 7) is 10.7. The van der Waals surface area contributed by atoms with Crippen molar-refractivity contribution < 1.29 is 13.2 Å². The molecule has 166 valence electrons. The van der Waals surface area contributed by atoms with Crippen molar-refractivity contribution in [1.82, 2.24) is 19.7 Å². The summed E-state index contributed by atoms with van der Waals surface area (Å²) in [5.41, 5.74) is 1.41. The minimum absolute atomic E-state index is 0.0769. The minimum atomic E-state index is -4.44. The first kappa shape index (κ1) is 23.7. The van der Waals surface area contributed by atoms with E-state index in [9.17, 15) is 13.2 Å². The summed E-state index contributed by atoms with van der Waals surface area (Å²) < 4.78 is 41.1. The molecule has 0 fully saturated rings. The highest BCUT2D eigenvalue weighted by molar-refractivity contribution is 8.01. The number of thioether (sulfide) groups is 2. The van der Waals surface area contributed by atoms with E-state index in [1.165, 1.54) is 4.90 Å². The number of nitrogens with zero attached hydrogens (tertiary/aromatic N) is 4. The van der Waals surface area contributed by atoms with E-state index in [1.807, 2.05) is 11.8 Å². The van der Waals surface area contributed by atoms with Crippen LogP contribution in [0.15, 0.2) is 40.3 Å². The van der Waals surface area contributed by atoms with Gasteiger partial charge in [0.25, 0.3) is 0 Å². The van der Waals surface area contributed by atoms with Gasteiger partial charge in [-0.1, -0.05) is 27.7 Å². The van der Waals surface area contributed by atoms with E-state index in [1.54, 1.807) is 23.4 Å². The molecule has 0 unspecified atom stereocenters. The lowest BCUT2D eigenvalue weighted by Crippen LogP contribution is -2.07. The van der Waals surface area contributed by atoms with Crippen LogP contribution in [0.3, 0.4) is 0 Å². The Labute approximate surface area is 189 Å². The van der Waals surface area contributed by atoms with Crippen LogP contribution in [0.4, 0.5) is 13.2 Å². The van der Waals surface area contributed by atoms with Crippen molar-refractivity contribution in [2.75, 3.05) is 5.75 Å². The third-order valence-electron chi connectivity index (χ3n) is 4.43. The van der Waals surface area contributed by atoms with E-state index < -0.39 is 11.7 Å². The summed E-state index contributed by atoms with van der Waals surface area (Å²) in [6.07, 6.45) is -3.30. The zero-order chi connectivity index (χ0) is 23.0. The van der Waals surface area contributed by atoms with Crippen molar-refractivity contribution in [2.45, 2.75) is 55.3 Å². The van der Waals surface area contributed by atoms with Gasteiger partial charge < -0.3 is 4.57 Å². The van der Waals surface area contributed by atoms with E-state index in [-0.39, 0.29) is 10.4 Å². The highest BCUT2D eigenvalue weighted by Gasteiger charge is 2.31. The van der Waals surface area contributed by atoms with Crippen LogP contribution in [0, 0.1) is 6.92 Å². The first-order valence-corrected chi connectivity index (χ1v) is 11.6. The molecule has 9 heteroatoms. The highest BCUT2D eigenvalue weighted by atomic mass is 32.2. The molecule has 1 aromatic carbocycles. The molecule has 0 bridgehead atoms. The molecule has 0 saturated carbocycles. The van der Waals surface area contributed by atoms with Crippen molar-refractivity contribution >= 4 is 23.5 Å². The largest absolute Gasteiger partial charge is 0.416 e. The summed E-state index contributed by atoms with van der Waals surface area (Å²) in [5.74, 6) is 1.77. The lowest BCUT2D eigenvalue weighted by Gasteiger charge is -2.21. The standard InChI is InChI=1S/C22H25F3N4S2/c1-7-30-18-12-17(31-21(3,4)5)13(2)10-15(18)19-27-28-20(29(19)6)16-11-14(8-9-26-16)22(23,24)25/h8-12H,7H2,1-6H3. The van der Waals surface area contributed by atoms with E-state index >= 15 is 0 Å². The summed E-state index contributed by atoms with van der Waals surface area (Å²) in [6, 6.07) is 6.21. The molecule has 0 amide bonds. The monoisotopic (exact) mass is 466 g/mol. The first-order valence-electron chi connectivity index (χ1n) is 9.80. The van der Waals surface area contributed by atoms with Crippen molar-refractivity contribution in [2.24, 2.45) is 7.05 Å². The molecule has 0 spiro atoms. The Kier molecular flexibility index (Phi) is 6.76. The lowest BCUT2D eigenvalue weighted by atomic mass is 10.1. The molecule has 0 aliphatic heterocycles. The number of aromatic nitrogens is 4. The molecule has 4 nitrogen and oxygen atoms in total. The van der Waals surface area contributed by atoms with E-state index in [0.717, 1.165) is 40.1 Å². The third-order valence-corrected chi connectivity index (χ3v) is 6.63. The Morgan fingerprint density at radius 1 is 1.00 bits per heavy atom. The quantitative estimate of drug-likeness (QED) is 0.384. The maximum absolute atomic E-state index is 13.1. The van der Waals surface area contributed by atoms with Crippen LogP contribution in [0.1, 0.15) is 38.8 Å². The predicted molar refractivity (Wildman–Crippen MR) is 121 cm³/mol. The normalized spacial score (nSPS) is 12.4. The number of hydrogen-bond donors (Lipinski definition) is 0. The summed E-state index contributed by atoms with van der Waals surface area (Å²) in [5, 5.41) is 8.48. The van der Waals surface area contributed by atoms with Crippen LogP contribution in [0.2, 0.25) is 0 Å². The van der Waals surface area contributed by atoms with Gasteiger partial charge in [-0.2, -0.15) is 13.2 Å². The summed E-state index contributed by atoms with van der Waals surface area (Å²) >= 11 is 3.52. The molecule has 2 aromatic heterocycles. The van der Waals surface area contributed by atoms with Gasteiger partial charge in [0.1, 0.15) is 5.69 Å². The second-order valence-electron chi connectivity index (χ2n) is 8.10. The third kappa shape index (κ3) is 5.44. The fourth-order valence-electron chi connectivity index (χ4n) is 3.07. The molecule has 3 rings (SSSR count). The number of aryl methyl sites for hydroxylation is 1. The molecular weight excluding hydrogens is 441 g/mol. The molecule has 0 aliphatic rings. The van der Waals surface area contributed by atoms with E-state index in [4.69, 9.17) is 0 Å². The second-order valence-corrected chi connectivity index (χ2v) is 11.3. The Morgan fingerprint density at radius 3 is 2.29 bits per heavy atom. The molecule has 0 radical (unpaired) electrons. The fraction of sp³-hybridized carbons (Fsp3) is 0.409. The van der Waals surface area contributed by atoms with Gasteiger partial charge in [-0.15, -0.1) is 33.7 Å². The van der Waals surface area contributed by atoms with Gasteiger partial charge in [-0.3, -0.25) is 4.98 Å². The summed E-state index contributed by atoms with van der Waals surface area (Å²) in [7, 11) is 1.75. The van der Waals surface area contributed by atoms with Gasteiger partial charge >= 0.3 is 6.18 Å². The van der Waals surface area contributed by atoms with E-state index in [2.05, 4.69) is 61.9 Å². The Balaban J connectivity index is 2.09. The minimum Gasteiger partial charge on any atom is -0.309 e. The van der Waals surface area contributed by atoms with Gasteiger partial charge in [0.05, 0.1) is 5.56 Å². The van der Waals surface area contributed by atoms with Gasteiger partial charge in [-0.05, 0) is 42.5 Å². The summed E-state index contributed by atoms with van der Waals surface area (Å²) in [4.78, 5) is 6.36. The molecule has 0 saturated heterocycles. The van der Waals surface area contributed by atoms with E-state index in [0.29, 0.717) is 11.6 Å². The van der Waals surface area contributed by atoms with Crippen LogP contribution in [0.5, 0.6) is 0 Å². The van der Waals surface area contributed by atoms with Crippen LogP contribution in [-0.4, -0.2) is 30.2 Å². The Morgan fingerprint density at radius 2 is 1.68 bits per heavy atom. The topological polar surface area (TPSA) is 43.6 Å². The molecular formula is C22H25F3N4S2. The Hall–Kier alpha value is -2.00. The zero-order valence-electron chi connectivity index (χ0n) is 18.3. The highest BCUT2D eigenvalue weighted by Crippen LogP contribution is 2.41. The average Bonchev–Trinajstić information content (AvgIpc) is 3.04. The number of alkyl halides is 3. The van der Waals surface area contributed by atoms with Crippen molar-refractivity contribution in [3.63, 3.8) is 0 Å². The maximum atomic E-state index is 13.1. The maximum Gasteiger partial charge on any atom is 0.416 e. The molecule has 0 N–H and O–H groups in total. The number of rotatable bonds is 5. The van der Waals surface area contributed by atoms with Gasteiger partial charge in [0, 0.05) is 33.3 Å². The number of benzene rings is 1. The molecule has 31 heavy (non-hydrogen) atoms. The van der Waals surface area contributed by atoms with Gasteiger partial charge in [0.15, 0.2) is 11.6 Å². The van der Waals surface area contributed by atoms with Crippen LogP contribution in [-0.2, 0) is 13.2 Å². The number of halogens is 3. The molecule has 0 aliphatic carbocycles. The van der Waals surface area contributed by atoms with Gasteiger partial charge in [0.2, 0.25) is 0 Å². The molecule has 0 atom stereocenters. The first-order chi connectivity index (χ1) is 14.4. The fourth-order valence-corrected chi connectivity index (χ4v) is 5.02. The lowest BCUT2D eigenvalue weighted by molar-refractivity contribution is -0.137. The number of hydrogen-bond acceptors (Lipinski definition) is 5. The molecule has 3 aromatic rings. The van der Waals surface area contributed by atoms with Crippen LogP contribution in [0.25, 0.3) is 22.9 Å². The van der Waals surface area contributed by atoms with Crippen molar-refractivity contribution in [3.8, 4) is 22.9 Å². The smallest absolute Gasteiger partial charge is 0.309 e.